The third-order valence-electron chi connectivity index (χ3n) is 4.60. The molecule has 0 fully saturated rings. The van der Waals surface area contributed by atoms with Crippen LogP contribution in [0.1, 0.15) is 39.5 Å². The van der Waals surface area contributed by atoms with Crippen LogP contribution in [0.5, 0.6) is 0 Å². The lowest BCUT2D eigenvalue weighted by molar-refractivity contribution is -0.130. The van der Waals surface area contributed by atoms with Crippen molar-refractivity contribution in [2.24, 2.45) is 0 Å². The van der Waals surface area contributed by atoms with E-state index in [4.69, 9.17) is 4.42 Å². The Balaban J connectivity index is 1.59. The molecular weight excluding hydrogens is 348 g/mol. The molecule has 1 N–H and O–H groups in total. The van der Waals surface area contributed by atoms with E-state index in [0.29, 0.717) is 5.69 Å². The van der Waals surface area contributed by atoms with Crippen LogP contribution in [0.25, 0.3) is 0 Å². The van der Waals surface area contributed by atoms with Gasteiger partial charge in [-0.1, -0.05) is 12.1 Å². The lowest BCUT2D eigenvalue weighted by Crippen LogP contribution is -2.38. The fourth-order valence-electron chi connectivity index (χ4n) is 3.36. The first-order chi connectivity index (χ1) is 12.6. The van der Waals surface area contributed by atoms with Gasteiger partial charge >= 0.3 is 0 Å². The lowest BCUT2D eigenvalue weighted by atomic mass is 9.93. The average Bonchev–Trinajstić information content (AvgIpc) is 3.33. The van der Waals surface area contributed by atoms with Gasteiger partial charge in [-0.2, -0.15) is 0 Å². The monoisotopic (exact) mass is 366 g/mol. The summed E-state index contributed by atoms with van der Waals surface area (Å²) in [6.45, 7) is 2.34. The zero-order valence-corrected chi connectivity index (χ0v) is 15.1. The first-order valence-corrected chi connectivity index (χ1v) is 9.30. The Bertz CT molecular complexity index is 928. The summed E-state index contributed by atoms with van der Waals surface area (Å²) >= 11 is 1.74. The second-order valence-electron chi connectivity index (χ2n) is 6.22. The van der Waals surface area contributed by atoms with E-state index in [1.807, 2.05) is 29.2 Å². The number of rotatable bonds is 3. The van der Waals surface area contributed by atoms with Crippen LogP contribution >= 0.6 is 11.3 Å². The van der Waals surface area contributed by atoms with E-state index in [2.05, 4.69) is 16.8 Å². The first-order valence-electron chi connectivity index (χ1n) is 8.42. The van der Waals surface area contributed by atoms with Crippen molar-refractivity contribution in [1.29, 1.82) is 0 Å². The highest BCUT2D eigenvalue weighted by Gasteiger charge is 2.31. The number of carbonyl (C=O) groups is 2. The van der Waals surface area contributed by atoms with Gasteiger partial charge in [0.05, 0.1) is 12.3 Å². The average molecular weight is 366 g/mol. The third kappa shape index (κ3) is 3.04. The summed E-state index contributed by atoms with van der Waals surface area (Å²) in [7, 11) is 0. The number of fused-ring (bicyclic) bond motifs is 1. The van der Waals surface area contributed by atoms with Gasteiger partial charge in [0.2, 0.25) is 5.91 Å². The van der Waals surface area contributed by atoms with Gasteiger partial charge in [0.25, 0.3) is 5.91 Å². The van der Waals surface area contributed by atoms with Crippen LogP contribution < -0.4 is 5.32 Å². The first kappa shape index (κ1) is 16.6. The van der Waals surface area contributed by atoms with Gasteiger partial charge in [0.15, 0.2) is 5.76 Å². The lowest BCUT2D eigenvalue weighted by Gasteiger charge is -2.35. The Labute approximate surface area is 155 Å². The highest BCUT2D eigenvalue weighted by molar-refractivity contribution is 7.10. The molecule has 1 aliphatic heterocycles. The maximum Gasteiger partial charge on any atom is 0.291 e. The minimum Gasteiger partial charge on any atom is -0.459 e. The van der Waals surface area contributed by atoms with Crippen LogP contribution in [-0.4, -0.2) is 23.3 Å². The van der Waals surface area contributed by atoms with Crippen LogP contribution in [-0.2, 0) is 11.2 Å². The molecule has 0 unspecified atom stereocenters. The summed E-state index contributed by atoms with van der Waals surface area (Å²) in [5.74, 6) is 0.0555. The van der Waals surface area contributed by atoms with Gasteiger partial charge in [-0.15, -0.1) is 11.3 Å². The molecular formula is C20H18N2O3S. The van der Waals surface area contributed by atoms with E-state index in [9.17, 15) is 9.59 Å². The Morgan fingerprint density at radius 1 is 1.19 bits per heavy atom. The maximum atomic E-state index is 12.1. The van der Waals surface area contributed by atoms with Crippen LogP contribution in [0.2, 0.25) is 0 Å². The quantitative estimate of drug-likeness (QED) is 0.759. The molecule has 3 heterocycles. The third-order valence-corrected chi connectivity index (χ3v) is 5.60. The van der Waals surface area contributed by atoms with Crippen molar-refractivity contribution in [3.8, 4) is 0 Å². The van der Waals surface area contributed by atoms with Gasteiger partial charge in [-0.05, 0) is 53.3 Å². The highest BCUT2D eigenvalue weighted by atomic mass is 32.1. The van der Waals surface area contributed by atoms with Gasteiger partial charge in [-0.3, -0.25) is 9.59 Å². The predicted molar refractivity (Wildman–Crippen MR) is 100 cm³/mol. The number of nitrogens with one attached hydrogen (secondary N) is 1. The molecule has 6 heteroatoms. The summed E-state index contributed by atoms with van der Waals surface area (Å²) < 4.78 is 5.10. The van der Waals surface area contributed by atoms with Crippen LogP contribution in [0.15, 0.2) is 58.5 Å². The molecule has 26 heavy (non-hydrogen) atoms. The SMILES string of the molecule is CC(=O)N1CCc2sccc2[C@H]1c1ccc(NC(=O)c2ccco2)cc1. The Hall–Kier alpha value is -2.86. The van der Waals surface area contributed by atoms with E-state index < -0.39 is 0 Å². The molecule has 1 aromatic carbocycles. The minimum atomic E-state index is -0.286. The summed E-state index contributed by atoms with van der Waals surface area (Å²) in [4.78, 5) is 27.4. The largest absolute Gasteiger partial charge is 0.459 e. The van der Waals surface area contributed by atoms with Gasteiger partial charge < -0.3 is 14.6 Å². The molecule has 132 valence electrons. The zero-order chi connectivity index (χ0) is 18.1. The smallest absolute Gasteiger partial charge is 0.291 e. The van der Waals surface area contributed by atoms with Gasteiger partial charge in [0.1, 0.15) is 0 Å². The second kappa shape index (κ2) is 6.80. The maximum absolute atomic E-state index is 12.1. The number of hydrogen-bond donors (Lipinski definition) is 1. The molecule has 5 nitrogen and oxygen atoms in total. The minimum absolute atomic E-state index is 0.0713. The van der Waals surface area contributed by atoms with E-state index in [0.717, 1.165) is 18.5 Å². The summed E-state index contributed by atoms with van der Waals surface area (Å²) in [6.07, 6.45) is 2.37. The number of carbonyl (C=O) groups excluding carboxylic acids is 2. The zero-order valence-electron chi connectivity index (χ0n) is 14.3. The molecule has 1 aliphatic rings. The Morgan fingerprint density at radius 2 is 2.00 bits per heavy atom. The number of thiophene rings is 1. The van der Waals surface area contributed by atoms with Crippen LogP contribution in [0.3, 0.4) is 0 Å². The molecule has 3 aromatic rings. The van der Waals surface area contributed by atoms with E-state index in [1.165, 1.54) is 16.7 Å². The highest BCUT2D eigenvalue weighted by Crippen LogP contribution is 2.38. The second-order valence-corrected chi connectivity index (χ2v) is 7.22. The fraction of sp³-hybridized carbons (Fsp3) is 0.200. The van der Waals surface area contributed by atoms with Crippen molar-refractivity contribution >= 4 is 28.8 Å². The van der Waals surface area contributed by atoms with E-state index >= 15 is 0 Å². The fourth-order valence-corrected chi connectivity index (χ4v) is 4.27. The Morgan fingerprint density at radius 3 is 2.69 bits per heavy atom. The molecule has 2 aromatic heterocycles. The molecule has 0 saturated heterocycles. The van der Waals surface area contributed by atoms with Crippen LogP contribution in [0.4, 0.5) is 5.69 Å². The molecule has 0 radical (unpaired) electrons. The van der Waals surface area contributed by atoms with Crippen molar-refractivity contribution in [2.45, 2.75) is 19.4 Å². The molecule has 0 aliphatic carbocycles. The van der Waals surface area contributed by atoms with Crippen LogP contribution in [0, 0.1) is 0 Å². The van der Waals surface area contributed by atoms with Crippen molar-refractivity contribution in [3.05, 3.63) is 75.9 Å². The molecule has 4 rings (SSSR count). The number of hydrogen-bond acceptors (Lipinski definition) is 4. The topological polar surface area (TPSA) is 62.6 Å². The van der Waals surface area contributed by atoms with Gasteiger partial charge in [0, 0.05) is 24.0 Å². The number of benzene rings is 1. The number of amides is 2. The number of furan rings is 1. The summed E-state index contributed by atoms with van der Waals surface area (Å²) in [5.41, 5.74) is 2.92. The molecule has 0 spiro atoms. The molecule has 0 bridgehead atoms. The van der Waals surface area contributed by atoms with E-state index in [1.54, 1.807) is 30.4 Å². The van der Waals surface area contributed by atoms with Crippen molar-refractivity contribution in [1.82, 2.24) is 4.90 Å². The molecule has 0 saturated carbocycles. The predicted octanol–water partition coefficient (Wildman–Crippen LogP) is 4.09. The van der Waals surface area contributed by atoms with Crippen molar-refractivity contribution in [3.63, 3.8) is 0 Å². The normalized spacial score (nSPS) is 16.2. The summed E-state index contributed by atoms with van der Waals surface area (Å²) in [6, 6.07) is 13.0. The van der Waals surface area contributed by atoms with Crippen molar-refractivity contribution in [2.75, 3.05) is 11.9 Å². The van der Waals surface area contributed by atoms with E-state index in [-0.39, 0.29) is 23.6 Å². The van der Waals surface area contributed by atoms with Crippen molar-refractivity contribution < 1.29 is 14.0 Å². The Kier molecular flexibility index (Phi) is 4.34. The standard InChI is InChI=1S/C20H18N2O3S/c1-13(23)22-10-8-18-16(9-12-26-18)19(22)14-4-6-15(7-5-14)21-20(24)17-3-2-11-25-17/h2-7,9,11-12,19H,8,10H2,1H3,(H,21,24)/t19-/m1/s1. The molecule has 1 atom stereocenters. The number of nitrogens with zero attached hydrogens (tertiary/aromatic N) is 1. The van der Waals surface area contributed by atoms with Gasteiger partial charge in [-0.25, -0.2) is 0 Å². The molecule has 2 amide bonds. The number of anilines is 1. The summed E-state index contributed by atoms with van der Waals surface area (Å²) in [5, 5.41) is 4.89.